The lowest BCUT2D eigenvalue weighted by Gasteiger charge is -1.96. The standard InChI is InChI=1S/C8H6FN3/c9-7-3-10-2-1-6(7)8-4-11-5-12-8/h1-5H,(H,11,12). The first-order chi connectivity index (χ1) is 5.88. The van der Waals surface area contributed by atoms with Gasteiger partial charge in [0, 0.05) is 11.8 Å². The zero-order valence-corrected chi connectivity index (χ0v) is 6.16. The molecule has 0 fully saturated rings. The average Bonchev–Trinajstić information content (AvgIpc) is 2.57. The van der Waals surface area contributed by atoms with Gasteiger partial charge in [-0.05, 0) is 6.07 Å². The molecule has 0 radical (unpaired) electrons. The Balaban J connectivity index is 2.55. The molecular weight excluding hydrogens is 157 g/mol. The van der Waals surface area contributed by atoms with Crippen molar-refractivity contribution in [1.29, 1.82) is 0 Å². The van der Waals surface area contributed by atoms with E-state index in [1.54, 1.807) is 18.5 Å². The minimum atomic E-state index is -0.346. The van der Waals surface area contributed by atoms with Gasteiger partial charge in [-0.2, -0.15) is 0 Å². The maximum absolute atomic E-state index is 13.0. The molecule has 0 amide bonds. The van der Waals surface area contributed by atoms with Crippen LogP contribution in [0.4, 0.5) is 4.39 Å². The van der Waals surface area contributed by atoms with Crippen LogP contribution in [0.5, 0.6) is 0 Å². The molecule has 60 valence electrons. The molecule has 12 heavy (non-hydrogen) atoms. The van der Waals surface area contributed by atoms with Crippen LogP contribution >= 0.6 is 0 Å². The molecule has 2 aromatic heterocycles. The normalized spacial score (nSPS) is 10.1. The molecule has 2 heterocycles. The van der Waals surface area contributed by atoms with Crippen molar-refractivity contribution in [2.45, 2.75) is 0 Å². The fourth-order valence-electron chi connectivity index (χ4n) is 0.997. The third kappa shape index (κ3) is 1.07. The summed E-state index contributed by atoms with van der Waals surface area (Å²) < 4.78 is 13.0. The maximum atomic E-state index is 13.0. The summed E-state index contributed by atoms with van der Waals surface area (Å²) in [6.45, 7) is 0. The third-order valence-electron chi connectivity index (χ3n) is 1.56. The van der Waals surface area contributed by atoms with Crippen molar-refractivity contribution in [3.63, 3.8) is 0 Å². The first kappa shape index (κ1) is 6.97. The van der Waals surface area contributed by atoms with E-state index >= 15 is 0 Å². The fraction of sp³-hybridized carbons (Fsp3) is 0. The molecule has 0 saturated heterocycles. The van der Waals surface area contributed by atoms with Crippen LogP contribution in [-0.4, -0.2) is 15.0 Å². The number of hydrogen-bond donors (Lipinski definition) is 1. The Morgan fingerprint density at radius 1 is 1.25 bits per heavy atom. The zero-order valence-electron chi connectivity index (χ0n) is 6.16. The smallest absolute Gasteiger partial charge is 0.150 e. The predicted octanol–water partition coefficient (Wildman–Crippen LogP) is 1.61. The summed E-state index contributed by atoms with van der Waals surface area (Å²) in [5.74, 6) is -0.346. The Labute approximate surface area is 68.3 Å². The van der Waals surface area contributed by atoms with E-state index in [1.807, 2.05) is 0 Å². The van der Waals surface area contributed by atoms with Crippen molar-refractivity contribution < 1.29 is 4.39 Å². The van der Waals surface area contributed by atoms with Crippen LogP contribution in [0, 0.1) is 5.82 Å². The molecule has 0 unspecified atom stereocenters. The average molecular weight is 163 g/mol. The van der Waals surface area contributed by atoms with Gasteiger partial charge in [-0.15, -0.1) is 0 Å². The molecule has 4 heteroatoms. The second kappa shape index (κ2) is 2.73. The van der Waals surface area contributed by atoms with Crippen LogP contribution in [0.15, 0.2) is 31.0 Å². The summed E-state index contributed by atoms with van der Waals surface area (Å²) in [4.78, 5) is 10.3. The predicted molar refractivity (Wildman–Crippen MR) is 41.8 cm³/mol. The molecule has 0 saturated carbocycles. The van der Waals surface area contributed by atoms with Crippen molar-refractivity contribution in [1.82, 2.24) is 15.0 Å². The Hall–Kier alpha value is -1.71. The highest BCUT2D eigenvalue weighted by Gasteiger charge is 2.03. The summed E-state index contributed by atoms with van der Waals surface area (Å²) in [6, 6.07) is 1.60. The molecule has 0 aliphatic heterocycles. The van der Waals surface area contributed by atoms with Gasteiger partial charge < -0.3 is 4.98 Å². The number of nitrogens with zero attached hydrogens (tertiary/aromatic N) is 2. The Morgan fingerprint density at radius 2 is 2.17 bits per heavy atom. The van der Waals surface area contributed by atoms with Crippen LogP contribution in [0.25, 0.3) is 11.3 Å². The van der Waals surface area contributed by atoms with E-state index in [4.69, 9.17) is 0 Å². The summed E-state index contributed by atoms with van der Waals surface area (Å²) in [5.41, 5.74) is 1.15. The topological polar surface area (TPSA) is 41.6 Å². The molecule has 0 atom stereocenters. The molecule has 3 nitrogen and oxygen atoms in total. The number of halogens is 1. The number of H-pyrrole nitrogens is 1. The van der Waals surface area contributed by atoms with Crippen LogP contribution in [0.3, 0.4) is 0 Å². The van der Waals surface area contributed by atoms with E-state index in [1.165, 1.54) is 12.5 Å². The minimum absolute atomic E-state index is 0.346. The van der Waals surface area contributed by atoms with Gasteiger partial charge in [0.2, 0.25) is 0 Å². The van der Waals surface area contributed by atoms with Gasteiger partial charge in [0.1, 0.15) is 0 Å². The molecule has 0 spiro atoms. The van der Waals surface area contributed by atoms with Crippen LogP contribution in [-0.2, 0) is 0 Å². The van der Waals surface area contributed by atoms with Gasteiger partial charge in [-0.1, -0.05) is 0 Å². The maximum Gasteiger partial charge on any atom is 0.150 e. The van der Waals surface area contributed by atoms with E-state index in [0.717, 1.165) is 0 Å². The number of aromatic amines is 1. The van der Waals surface area contributed by atoms with Crippen molar-refractivity contribution in [2.24, 2.45) is 0 Å². The molecule has 0 aromatic carbocycles. The van der Waals surface area contributed by atoms with Crippen molar-refractivity contribution in [3.05, 3.63) is 36.8 Å². The number of rotatable bonds is 1. The quantitative estimate of drug-likeness (QED) is 0.693. The zero-order chi connectivity index (χ0) is 8.39. The van der Waals surface area contributed by atoms with E-state index in [2.05, 4.69) is 15.0 Å². The monoisotopic (exact) mass is 163 g/mol. The Kier molecular flexibility index (Phi) is 1.59. The minimum Gasteiger partial charge on any atom is -0.345 e. The van der Waals surface area contributed by atoms with Gasteiger partial charge in [-0.25, -0.2) is 9.37 Å². The fourth-order valence-corrected chi connectivity index (χ4v) is 0.997. The summed E-state index contributed by atoms with van der Waals surface area (Å²) >= 11 is 0. The number of aromatic nitrogens is 3. The van der Waals surface area contributed by atoms with Crippen LogP contribution < -0.4 is 0 Å². The SMILES string of the molecule is Fc1cnccc1-c1cnc[nH]1. The second-order valence-corrected chi connectivity index (χ2v) is 2.32. The van der Waals surface area contributed by atoms with Gasteiger partial charge in [-0.3, -0.25) is 4.98 Å². The molecule has 2 aromatic rings. The van der Waals surface area contributed by atoms with E-state index in [9.17, 15) is 4.39 Å². The van der Waals surface area contributed by atoms with E-state index < -0.39 is 0 Å². The highest BCUT2D eigenvalue weighted by Crippen LogP contribution is 2.17. The van der Waals surface area contributed by atoms with Crippen LogP contribution in [0.2, 0.25) is 0 Å². The molecule has 2 rings (SSSR count). The molecule has 0 bridgehead atoms. The highest BCUT2D eigenvalue weighted by atomic mass is 19.1. The Bertz CT molecular complexity index is 370. The first-order valence-corrected chi connectivity index (χ1v) is 3.46. The highest BCUT2D eigenvalue weighted by molar-refractivity contribution is 5.57. The lowest BCUT2D eigenvalue weighted by Crippen LogP contribution is -1.84. The summed E-state index contributed by atoms with van der Waals surface area (Å²) in [6.07, 6.45) is 5.79. The molecular formula is C8H6FN3. The number of imidazole rings is 1. The largest absolute Gasteiger partial charge is 0.345 e. The van der Waals surface area contributed by atoms with Crippen molar-refractivity contribution in [2.75, 3.05) is 0 Å². The summed E-state index contributed by atoms with van der Waals surface area (Å²) in [7, 11) is 0. The molecule has 0 aliphatic rings. The third-order valence-corrected chi connectivity index (χ3v) is 1.56. The first-order valence-electron chi connectivity index (χ1n) is 3.46. The number of pyridine rings is 1. The number of nitrogens with one attached hydrogen (secondary N) is 1. The summed E-state index contributed by atoms with van der Waals surface area (Å²) in [5, 5.41) is 0. The molecule has 0 aliphatic carbocycles. The molecule has 1 N–H and O–H groups in total. The van der Waals surface area contributed by atoms with Gasteiger partial charge >= 0.3 is 0 Å². The van der Waals surface area contributed by atoms with Gasteiger partial charge in [0.15, 0.2) is 5.82 Å². The number of hydrogen-bond acceptors (Lipinski definition) is 2. The van der Waals surface area contributed by atoms with Gasteiger partial charge in [0.05, 0.1) is 24.4 Å². The Morgan fingerprint density at radius 3 is 2.83 bits per heavy atom. The van der Waals surface area contributed by atoms with Crippen molar-refractivity contribution in [3.8, 4) is 11.3 Å². The van der Waals surface area contributed by atoms with Crippen LogP contribution in [0.1, 0.15) is 0 Å². The van der Waals surface area contributed by atoms with E-state index in [0.29, 0.717) is 11.3 Å². The van der Waals surface area contributed by atoms with Crippen molar-refractivity contribution >= 4 is 0 Å². The van der Waals surface area contributed by atoms with E-state index in [-0.39, 0.29) is 5.82 Å². The lowest BCUT2D eigenvalue weighted by molar-refractivity contribution is 0.624. The second-order valence-electron chi connectivity index (χ2n) is 2.32. The van der Waals surface area contributed by atoms with Gasteiger partial charge in [0.25, 0.3) is 0 Å². The lowest BCUT2D eigenvalue weighted by atomic mass is 10.2.